The van der Waals surface area contributed by atoms with Crippen molar-refractivity contribution in [2.24, 2.45) is 0 Å². The summed E-state index contributed by atoms with van der Waals surface area (Å²) in [5.41, 5.74) is 0.467. The molecule has 31 heavy (non-hydrogen) atoms. The highest BCUT2D eigenvalue weighted by Gasteiger charge is 2.31. The summed E-state index contributed by atoms with van der Waals surface area (Å²) in [5.74, 6) is -3.64. The summed E-state index contributed by atoms with van der Waals surface area (Å²) in [7, 11) is 0. The van der Waals surface area contributed by atoms with E-state index in [2.05, 4.69) is 27.2 Å². The minimum absolute atomic E-state index is 0.0247. The van der Waals surface area contributed by atoms with E-state index in [4.69, 9.17) is 16.3 Å². The first-order valence-electron chi connectivity index (χ1n) is 9.42. The van der Waals surface area contributed by atoms with E-state index in [0.717, 1.165) is 0 Å². The Morgan fingerprint density at radius 2 is 2.00 bits per heavy atom. The Kier molecular flexibility index (Phi) is 8.04. The van der Waals surface area contributed by atoms with Crippen molar-refractivity contribution in [2.75, 3.05) is 11.9 Å². The third-order valence-corrected chi connectivity index (χ3v) is 4.62. The number of carbonyl (C=O) groups is 2. The van der Waals surface area contributed by atoms with Crippen LogP contribution in [0.4, 0.5) is 14.6 Å². The Bertz CT molecular complexity index is 968. The number of nitrogens with zero attached hydrogens (tertiary/aromatic N) is 2. The molecule has 0 aliphatic carbocycles. The number of pyridine rings is 2. The van der Waals surface area contributed by atoms with Gasteiger partial charge in [0, 0.05) is 24.9 Å². The van der Waals surface area contributed by atoms with Gasteiger partial charge in [0.25, 0.3) is 5.91 Å². The van der Waals surface area contributed by atoms with Gasteiger partial charge < -0.3 is 15.4 Å². The molecular formula is C21H23ClF2N4O3. The van der Waals surface area contributed by atoms with Crippen LogP contribution in [0.15, 0.2) is 42.7 Å². The van der Waals surface area contributed by atoms with Gasteiger partial charge in [0.15, 0.2) is 6.61 Å². The summed E-state index contributed by atoms with van der Waals surface area (Å²) in [5, 5.41) is 5.45. The quantitative estimate of drug-likeness (QED) is 0.544. The van der Waals surface area contributed by atoms with Crippen LogP contribution in [-0.4, -0.2) is 34.3 Å². The Morgan fingerprint density at radius 3 is 2.58 bits per heavy atom. The van der Waals surface area contributed by atoms with Gasteiger partial charge in [-0.3, -0.25) is 9.59 Å². The lowest BCUT2D eigenvalue weighted by atomic mass is 10.1. The predicted molar refractivity (Wildman–Crippen MR) is 114 cm³/mol. The Labute approximate surface area is 183 Å². The van der Waals surface area contributed by atoms with Crippen LogP contribution in [0.1, 0.15) is 49.2 Å². The zero-order valence-electron chi connectivity index (χ0n) is 17.3. The number of hydrogen-bond acceptors (Lipinski definition) is 5. The molecule has 0 saturated carbocycles. The lowest BCUT2D eigenvalue weighted by molar-refractivity contribution is -0.115. The van der Waals surface area contributed by atoms with E-state index in [0.29, 0.717) is 5.56 Å². The van der Waals surface area contributed by atoms with Crippen LogP contribution in [0.5, 0.6) is 5.88 Å². The number of rotatable bonds is 9. The van der Waals surface area contributed by atoms with E-state index >= 15 is 0 Å². The highest BCUT2D eigenvalue weighted by Crippen LogP contribution is 2.24. The molecule has 0 spiro atoms. The summed E-state index contributed by atoms with van der Waals surface area (Å²) >= 11 is 6.07. The van der Waals surface area contributed by atoms with Crippen LogP contribution in [0.2, 0.25) is 5.02 Å². The standard InChI is InChI=1S/C21H23ClF2N4O3/c1-5-18(29)28-17-8-15(16(22)10-25-17)20(30)27-13(4)14-6-7-19(26-9-14)31-11-21(23,24)12(2)3/h6-10,13H,2,5,11H2,1,3-4H3,(H,27,30)(H,25,28,29). The molecular weight excluding hydrogens is 430 g/mol. The number of nitrogens with one attached hydrogen (secondary N) is 2. The lowest BCUT2D eigenvalue weighted by Gasteiger charge is -2.17. The summed E-state index contributed by atoms with van der Waals surface area (Å²) in [4.78, 5) is 32.1. The highest BCUT2D eigenvalue weighted by atomic mass is 35.5. The average molecular weight is 453 g/mol. The second-order valence-electron chi connectivity index (χ2n) is 6.85. The highest BCUT2D eigenvalue weighted by molar-refractivity contribution is 6.33. The van der Waals surface area contributed by atoms with Crippen LogP contribution in [0.3, 0.4) is 0 Å². The first kappa shape index (κ1) is 24.2. The van der Waals surface area contributed by atoms with Gasteiger partial charge in [-0.1, -0.05) is 31.2 Å². The van der Waals surface area contributed by atoms with Crippen molar-refractivity contribution in [3.63, 3.8) is 0 Å². The van der Waals surface area contributed by atoms with E-state index < -0.39 is 24.5 Å². The Morgan fingerprint density at radius 1 is 1.29 bits per heavy atom. The SMILES string of the molecule is C=C(C)C(F)(F)COc1ccc(C(C)NC(=O)c2cc(NC(=O)CC)ncc2Cl)cn1. The van der Waals surface area contributed by atoms with E-state index in [1.54, 1.807) is 19.9 Å². The molecule has 1 unspecified atom stereocenters. The van der Waals surface area contributed by atoms with Gasteiger partial charge in [0.2, 0.25) is 11.8 Å². The number of amides is 2. The second-order valence-corrected chi connectivity index (χ2v) is 7.26. The Balaban J connectivity index is 2.04. The molecule has 0 radical (unpaired) electrons. The fraction of sp³-hybridized carbons (Fsp3) is 0.333. The zero-order chi connectivity index (χ0) is 23.2. The fourth-order valence-corrected chi connectivity index (χ4v) is 2.48. The van der Waals surface area contributed by atoms with Gasteiger partial charge in [-0.2, -0.15) is 8.78 Å². The molecule has 2 N–H and O–H groups in total. The second kappa shape index (κ2) is 10.3. The van der Waals surface area contributed by atoms with Crippen molar-refractivity contribution in [2.45, 2.75) is 39.2 Å². The molecule has 2 aromatic rings. The molecule has 2 aromatic heterocycles. The summed E-state index contributed by atoms with van der Waals surface area (Å²) in [6.07, 6.45) is 2.96. The normalized spacial score (nSPS) is 12.1. The minimum atomic E-state index is -3.15. The Hall–Kier alpha value is -3.07. The number of ether oxygens (including phenoxy) is 1. The molecule has 1 atom stereocenters. The van der Waals surface area contributed by atoms with Crippen LogP contribution in [0.25, 0.3) is 0 Å². The summed E-state index contributed by atoms with van der Waals surface area (Å²) in [6, 6.07) is 3.95. The van der Waals surface area contributed by atoms with E-state index in [1.165, 1.54) is 31.5 Å². The van der Waals surface area contributed by atoms with Gasteiger partial charge in [0.05, 0.1) is 16.6 Å². The van der Waals surface area contributed by atoms with Crippen LogP contribution >= 0.6 is 11.6 Å². The van der Waals surface area contributed by atoms with Gasteiger partial charge >= 0.3 is 5.92 Å². The molecule has 2 amide bonds. The molecule has 0 fully saturated rings. The minimum Gasteiger partial charge on any atom is -0.471 e. The predicted octanol–water partition coefficient (Wildman–Crippen LogP) is 4.56. The number of anilines is 1. The van der Waals surface area contributed by atoms with Gasteiger partial charge in [-0.05, 0) is 31.1 Å². The van der Waals surface area contributed by atoms with E-state index in [-0.39, 0.29) is 40.2 Å². The maximum atomic E-state index is 13.6. The molecule has 0 aliphatic heterocycles. The van der Waals surface area contributed by atoms with Gasteiger partial charge in [-0.15, -0.1) is 0 Å². The molecule has 0 saturated heterocycles. The summed E-state index contributed by atoms with van der Waals surface area (Å²) < 4.78 is 32.1. The number of hydrogen-bond donors (Lipinski definition) is 2. The smallest absolute Gasteiger partial charge is 0.302 e. The van der Waals surface area contributed by atoms with Gasteiger partial charge in [-0.25, -0.2) is 9.97 Å². The number of carbonyl (C=O) groups excluding carboxylic acids is 2. The van der Waals surface area contributed by atoms with Crippen molar-refractivity contribution in [3.05, 3.63) is 58.9 Å². The number of halogens is 3. The average Bonchev–Trinajstić information content (AvgIpc) is 2.73. The van der Waals surface area contributed by atoms with E-state index in [9.17, 15) is 18.4 Å². The van der Waals surface area contributed by atoms with Crippen LogP contribution < -0.4 is 15.4 Å². The third-order valence-electron chi connectivity index (χ3n) is 4.32. The molecule has 2 rings (SSSR count). The third kappa shape index (κ3) is 6.71. The molecule has 0 aliphatic rings. The largest absolute Gasteiger partial charge is 0.471 e. The van der Waals surface area contributed by atoms with Gasteiger partial charge in [0.1, 0.15) is 5.82 Å². The van der Waals surface area contributed by atoms with Crippen LogP contribution in [-0.2, 0) is 4.79 Å². The molecule has 166 valence electrons. The monoisotopic (exact) mass is 452 g/mol. The van der Waals surface area contributed by atoms with Crippen molar-refractivity contribution < 1.29 is 23.1 Å². The van der Waals surface area contributed by atoms with Crippen molar-refractivity contribution >= 4 is 29.2 Å². The molecule has 2 heterocycles. The first-order chi connectivity index (χ1) is 14.5. The molecule has 0 bridgehead atoms. The van der Waals surface area contributed by atoms with Crippen LogP contribution in [0, 0.1) is 0 Å². The van der Waals surface area contributed by atoms with Crippen molar-refractivity contribution in [1.29, 1.82) is 0 Å². The van der Waals surface area contributed by atoms with E-state index in [1.807, 2.05) is 0 Å². The maximum absolute atomic E-state index is 13.6. The maximum Gasteiger partial charge on any atom is 0.302 e. The zero-order valence-corrected chi connectivity index (χ0v) is 18.1. The van der Waals surface area contributed by atoms with Crippen molar-refractivity contribution in [3.8, 4) is 5.88 Å². The molecule has 0 aromatic carbocycles. The molecule has 10 heteroatoms. The fourth-order valence-electron chi connectivity index (χ4n) is 2.29. The number of aromatic nitrogens is 2. The first-order valence-corrected chi connectivity index (χ1v) is 9.80. The van der Waals surface area contributed by atoms with Crippen molar-refractivity contribution in [1.82, 2.24) is 15.3 Å². The lowest BCUT2D eigenvalue weighted by Crippen LogP contribution is -2.28. The summed E-state index contributed by atoms with van der Waals surface area (Å²) in [6.45, 7) is 7.01. The number of alkyl halides is 2. The molecule has 7 nitrogen and oxygen atoms in total. The topological polar surface area (TPSA) is 93.2 Å².